The van der Waals surface area contributed by atoms with Gasteiger partial charge in [-0.15, -0.1) is 0 Å². The van der Waals surface area contributed by atoms with Crippen LogP contribution < -0.4 is 15.4 Å². The highest BCUT2D eigenvalue weighted by atomic mass is 16.5. The Morgan fingerprint density at radius 2 is 1.95 bits per heavy atom. The maximum absolute atomic E-state index is 11.2. The summed E-state index contributed by atoms with van der Waals surface area (Å²) in [5.74, 6) is 2.15. The van der Waals surface area contributed by atoms with Gasteiger partial charge in [-0.1, -0.05) is 19.9 Å². The van der Waals surface area contributed by atoms with Crippen molar-refractivity contribution < 1.29 is 9.53 Å². The molecule has 1 fully saturated rings. The molecule has 1 aromatic carbocycles. The highest BCUT2D eigenvalue weighted by Gasteiger charge is 2.23. The second kappa shape index (κ2) is 7.34. The Bertz CT molecular complexity index is 466. The van der Waals surface area contributed by atoms with Crippen LogP contribution in [0.1, 0.15) is 33.1 Å². The van der Waals surface area contributed by atoms with Gasteiger partial charge in [-0.05, 0) is 43.2 Å². The molecule has 1 aliphatic rings. The molecule has 1 aliphatic carbocycles. The predicted molar refractivity (Wildman–Crippen MR) is 85.6 cm³/mol. The van der Waals surface area contributed by atoms with E-state index in [0.717, 1.165) is 23.3 Å². The lowest BCUT2D eigenvalue weighted by atomic mass is 9.80. The van der Waals surface area contributed by atoms with E-state index in [1.54, 1.807) is 7.05 Å². The number of rotatable bonds is 5. The van der Waals surface area contributed by atoms with E-state index in [2.05, 4.69) is 30.5 Å². The quantitative estimate of drug-likeness (QED) is 0.876. The molecule has 4 nitrogen and oxygen atoms in total. The van der Waals surface area contributed by atoms with Gasteiger partial charge in [0, 0.05) is 24.8 Å². The Balaban J connectivity index is 1.92. The first kappa shape index (κ1) is 15.7. The minimum Gasteiger partial charge on any atom is -0.484 e. The van der Waals surface area contributed by atoms with Crippen molar-refractivity contribution in [2.24, 2.45) is 11.8 Å². The summed E-state index contributed by atoms with van der Waals surface area (Å²) in [6.07, 6.45) is 3.76. The Labute approximate surface area is 127 Å². The molecule has 0 saturated heterocycles. The van der Waals surface area contributed by atoms with Crippen LogP contribution in [0.5, 0.6) is 5.75 Å². The molecular formula is C17H26N2O2. The smallest absolute Gasteiger partial charge is 0.257 e. The number of likely N-dealkylation sites (N-methyl/N-ethyl adjacent to an activating group) is 1. The van der Waals surface area contributed by atoms with Gasteiger partial charge in [0.15, 0.2) is 6.61 Å². The van der Waals surface area contributed by atoms with Gasteiger partial charge in [0.05, 0.1) is 0 Å². The number of hydrogen-bond donors (Lipinski definition) is 2. The summed E-state index contributed by atoms with van der Waals surface area (Å²) in [6.45, 7) is 4.71. The summed E-state index contributed by atoms with van der Waals surface area (Å²) in [7, 11) is 1.61. The van der Waals surface area contributed by atoms with Crippen LogP contribution in [0.3, 0.4) is 0 Å². The van der Waals surface area contributed by atoms with Gasteiger partial charge in [0.2, 0.25) is 0 Å². The van der Waals surface area contributed by atoms with Crippen LogP contribution in [0, 0.1) is 11.8 Å². The molecule has 2 N–H and O–H groups in total. The highest BCUT2D eigenvalue weighted by molar-refractivity contribution is 5.77. The minimum atomic E-state index is -0.122. The fourth-order valence-electron chi connectivity index (χ4n) is 3.20. The van der Waals surface area contributed by atoms with E-state index in [9.17, 15) is 4.79 Å². The summed E-state index contributed by atoms with van der Waals surface area (Å²) in [4.78, 5) is 11.2. The van der Waals surface area contributed by atoms with Gasteiger partial charge in [0.25, 0.3) is 5.91 Å². The van der Waals surface area contributed by atoms with Crippen molar-refractivity contribution in [2.45, 2.75) is 39.2 Å². The van der Waals surface area contributed by atoms with E-state index < -0.39 is 0 Å². The molecule has 4 heteroatoms. The second-order valence-electron chi connectivity index (χ2n) is 6.25. The Morgan fingerprint density at radius 1 is 1.24 bits per heavy atom. The number of carbonyl (C=O) groups excluding carboxylic acids is 1. The maximum Gasteiger partial charge on any atom is 0.257 e. The van der Waals surface area contributed by atoms with Crippen molar-refractivity contribution in [3.05, 3.63) is 24.3 Å². The summed E-state index contributed by atoms with van der Waals surface area (Å²) >= 11 is 0. The molecule has 116 valence electrons. The predicted octanol–water partition coefficient (Wildman–Crippen LogP) is 3.05. The van der Waals surface area contributed by atoms with Gasteiger partial charge in [0.1, 0.15) is 5.75 Å². The molecule has 0 heterocycles. The number of anilines is 1. The fraction of sp³-hybridized carbons (Fsp3) is 0.588. The number of nitrogens with one attached hydrogen (secondary N) is 2. The summed E-state index contributed by atoms with van der Waals surface area (Å²) in [5, 5.41) is 6.15. The Hall–Kier alpha value is -1.71. The first-order chi connectivity index (χ1) is 10.1. The largest absolute Gasteiger partial charge is 0.484 e. The van der Waals surface area contributed by atoms with E-state index >= 15 is 0 Å². The molecule has 0 aliphatic heterocycles. The van der Waals surface area contributed by atoms with Crippen molar-refractivity contribution >= 4 is 11.6 Å². The third-order valence-electron chi connectivity index (χ3n) is 4.03. The zero-order valence-corrected chi connectivity index (χ0v) is 13.2. The van der Waals surface area contributed by atoms with E-state index in [0.29, 0.717) is 6.04 Å². The van der Waals surface area contributed by atoms with Gasteiger partial charge in [-0.3, -0.25) is 4.79 Å². The first-order valence-corrected chi connectivity index (χ1v) is 7.76. The third kappa shape index (κ3) is 4.96. The van der Waals surface area contributed by atoms with E-state index in [-0.39, 0.29) is 12.5 Å². The molecule has 0 radical (unpaired) electrons. The standard InChI is InChI=1S/C17H26N2O2/c1-12-7-13(2)9-15(8-12)19-14-5-4-6-16(10-14)21-11-17(20)18-3/h4-6,10,12-13,15,19H,7-9,11H2,1-3H3,(H,18,20). The number of ether oxygens (including phenoxy) is 1. The maximum atomic E-state index is 11.2. The molecule has 0 bridgehead atoms. The van der Waals surface area contributed by atoms with Crippen LogP contribution in [0.2, 0.25) is 0 Å². The number of benzene rings is 1. The van der Waals surface area contributed by atoms with Crippen LogP contribution in [0.15, 0.2) is 24.3 Å². The number of carbonyl (C=O) groups is 1. The Kier molecular flexibility index (Phi) is 5.48. The highest BCUT2D eigenvalue weighted by Crippen LogP contribution is 2.31. The Morgan fingerprint density at radius 3 is 2.62 bits per heavy atom. The SMILES string of the molecule is CNC(=O)COc1cccc(NC2CC(C)CC(C)C2)c1. The van der Waals surface area contributed by atoms with Crippen LogP contribution in [-0.4, -0.2) is 25.6 Å². The average Bonchev–Trinajstić information content (AvgIpc) is 2.44. The van der Waals surface area contributed by atoms with Crippen molar-refractivity contribution in [2.75, 3.05) is 19.0 Å². The van der Waals surface area contributed by atoms with Crippen molar-refractivity contribution in [3.8, 4) is 5.75 Å². The summed E-state index contributed by atoms with van der Waals surface area (Å²) < 4.78 is 5.48. The van der Waals surface area contributed by atoms with Crippen molar-refractivity contribution in [1.29, 1.82) is 0 Å². The zero-order chi connectivity index (χ0) is 15.2. The van der Waals surface area contributed by atoms with Gasteiger partial charge in [-0.25, -0.2) is 0 Å². The van der Waals surface area contributed by atoms with Gasteiger partial charge < -0.3 is 15.4 Å². The van der Waals surface area contributed by atoms with Crippen LogP contribution >= 0.6 is 0 Å². The first-order valence-electron chi connectivity index (χ1n) is 7.76. The lowest BCUT2D eigenvalue weighted by molar-refractivity contribution is -0.122. The van der Waals surface area contributed by atoms with Gasteiger partial charge in [-0.2, -0.15) is 0 Å². The van der Waals surface area contributed by atoms with E-state index in [4.69, 9.17) is 4.74 Å². The molecule has 21 heavy (non-hydrogen) atoms. The molecule has 2 unspecified atom stereocenters. The van der Waals surface area contributed by atoms with E-state index in [1.165, 1.54) is 19.3 Å². The monoisotopic (exact) mass is 290 g/mol. The second-order valence-corrected chi connectivity index (χ2v) is 6.25. The molecule has 0 spiro atoms. The topological polar surface area (TPSA) is 50.4 Å². The lowest BCUT2D eigenvalue weighted by Crippen LogP contribution is -2.30. The number of amides is 1. The third-order valence-corrected chi connectivity index (χ3v) is 4.03. The minimum absolute atomic E-state index is 0.0530. The van der Waals surface area contributed by atoms with Crippen molar-refractivity contribution in [3.63, 3.8) is 0 Å². The number of hydrogen-bond acceptors (Lipinski definition) is 3. The molecule has 1 amide bonds. The molecule has 1 aromatic rings. The molecular weight excluding hydrogens is 264 g/mol. The lowest BCUT2D eigenvalue weighted by Gasteiger charge is -2.32. The zero-order valence-electron chi connectivity index (χ0n) is 13.2. The van der Waals surface area contributed by atoms with Gasteiger partial charge >= 0.3 is 0 Å². The fourth-order valence-corrected chi connectivity index (χ4v) is 3.20. The van der Waals surface area contributed by atoms with E-state index in [1.807, 2.05) is 18.2 Å². The van der Waals surface area contributed by atoms with Crippen LogP contribution in [0.25, 0.3) is 0 Å². The summed E-state index contributed by atoms with van der Waals surface area (Å²) in [5.41, 5.74) is 1.07. The normalized spacial score (nSPS) is 25.2. The van der Waals surface area contributed by atoms with Crippen LogP contribution in [-0.2, 0) is 4.79 Å². The molecule has 0 aromatic heterocycles. The van der Waals surface area contributed by atoms with Crippen molar-refractivity contribution in [1.82, 2.24) is 5.32 Å². The molecule has 1 saturated carbocycles. The average molecular weight is 290 g/mol. The van der Waals surface area contributed by atoms with Crippen LogP contribution in [0.4, 0.5) is 5.69 Å². The molecule has 2 atom stereocenters. The summed E-state index contributed by atoms with van der Waals surface area (Å²) in [6, 6.07) is 8.37. The molecule has 2 rings (SSSR count).